The van der Waals surface area contributed by atoms with Gasteiger partial charge in [-0.25, -0.2) is 0 Å². The summed E-state index contributed by atoms with van der Waals surface area (Å²) in [7, 11) is 1.88. The summed E-state index contributed by atoms with van der Waals surface area (Å²) in [5.74, 6) is 1.46. The van der Waals surface area contributed by atoms with Crippen LogP contribution in [0, 0.1) is 0 Å². The van der Waals surface area contributed by atoms with Gasteiger partial charge in [0, 0.05) is 35.8 Å². The van der Waals surface area contributed by atoms with E-state index in [0.29, 0.717) is 29.6 Å². The molecule has 138 valence electrons. The zero-order valence-electron chi connectivity index (χ0n) is 15.0. The molecule has 1 fully saturated rings. The maximum absolute atomic E-state index is 5.85. The number of nitrogen functional groups attached to an aromatic ring is 1. The lowest BCUT2D eigenvalue weighted by Crippen LogP contribution is -2.10. The van der Waals surface area contributed by atoms with Crippen LogP contribution in [0.15, 0.2) is 48.5 Å². The van der Waals surface area contributed by atoms with E-state index >= 15 is 0 Å². The summed E-state index contributed by atoms with van der Waals surface area (Å²) in [5.41, 5.74) is 9.24. The molecule has 0 atom stereocenters. The predicted molar refractivity (Wildman–Crippen MR) is 110 cm³/mol. The molecule has 8 heteroatoms. The Morgan fingerprint density at radius 3 is 2.04 bits per heavy atom. The SMILES string of the molecule is CNc1cccc(Nc2nc(Nc3cccc(N)c3)nc(NC3CC3)n2)c1. The van der Waals surface area contributed by atoms with E-state index < -0.39 is 0 Å². The molecule has 27 heavy (non-hydrogen) atoms. The number of rotatable bonds is 7. The van der Waals surface area contributed by atoms with E-state index in [4.69, 9.17) is 5.73 Å². The highest BCUT2D eigenvalue weighted by atomic mass is 15.3. The van der Waals surface area contributed by atoms with Crippen molar-refractivity contribution in [2.24, 2.45) is 0 Å². The first-order chi connectivity index (χ1) is 13.2. The maximum atomic E-state index is 5.85. The van der Waals surface area contributed by atoms with Crippen LogP contribution in [-0.4, -0.2) is 28.0 Å². The molecule has 0 unspecified atom stereocenters. The van der Waals surface area contributed by atoms with Crippen molar-refractivity contribution in [1.29, 1.82) is 0 Å². The highest BCUT2D eigenvalue weighted by molar-refractivity contribution is 5.64. The fourth-order valence-corrected chi connectivity index (χ4v) is 2.59. The van der Waals surface area contributed by atoms with Crippen LogP contribution in [0.25, 0.3) is 0 Å². The van der Waals surface area contributed by atoms with E-state index in [1.165, 1.54) is 0 Å². The third-order valence-corrected chi connectivity index (χ3v) is 4.10. The average Bonchev–Trinajstić information content (AvgIpc) is 3.45. The van der Waals surface area contributed by atoms with Gasteiger partial charge in [-0.05, 0) is 49.2 Å². The molecule has 1 heterocycles. The van der Waals surface area contributed by atoms with E-state index in [1.807, 2.05) is 55.6 Å². The standard InChI is InChI=1S/C19H22N8/c1-21-14-5-3-7-16(11-14)24-19-26-17(22-13-8-9-13)25-18(27-19)23-15-6-2-4-12(20)10-15/h2-7,10-11,13,21H,8-9,20H2,1H3,(H3,22,23,24,25,26,27). The monoisotopic (exact) mass is 362 g/mol. The fraction of sp³-hybridized carbons (Fsp3) is 0.211. The van der Waals surface area contributed by atoms with Crippen LogP contribution in [-0.2, 0) is 0 Å². The van der Waals surface area contributed by atoms with Gasteiger partial charge in [-0.2, -0.15) is 15.0 Å². The second kappa shape index (κ2) is 7.36. The van der Waals surface area contributed by atoms with Crippen molar-refractivity contribution in [3.8, 4) is 0 Å². The second-order valence-electron chi connectivity index (χ2n) is 6.43. The Hall–Kier alpha value is -3.55. The minimum Gasteiger partial charge on any atom is -0.399 e. The number of nitrogens with zero attached hydrogens (tertiary/aromatic N) is 3. The fourth-order valence-electron chi connectivity index (χ4n) is 2.59. The Labute approximate surface area is 157 Å². The average molecular weight is 362 g/mol. The van der Waals surface area contributed by atoms with Gasteiger partial charge in [-0.15, -0.1) is 0 Å². The van der Waals surface area contributed by atoms with Crippen molar-refractivity contribution < 1.29 is 0 Å². The van der Waals surface area contributed by atoms with Gasteiger partial charge in [-0.1, -0.05) is 12.1 Å². The minimum absolute atomic E-state index is 0.438. The molecular weight excluding hydrogens is 340 g/mol. The summed E-state index contributed by atoms with van der Waals surface area (Å²) in [6.45, 7) is 0. The molecule has 6 N–H and O–H groups in total. The lowest BCUT2D eigenvalue weighted by atomic mass is 10.3. The molecule has 8 nitrogen and oxygen atoms in total. The molecule has 0 amide bonds. The van der Waals surface area contributed by atoms with Crippen molar-refractivity contribution in [2.75, 3.05) is 34.0 Å². The number of nitrogens with one attached hydrogen (secondary N) is 4. The first-order valence-corrected chi connectivity index (χ1v) is 8.88. The van der Waals surface area contributed by atoms with Gasteiger partial charge in [-0.3, -0.25) is 0 Å². The Morgan fingerprint density at radius 1 is 0.815 bits per heavy atom. The number of nitrogens with two attached hydrogens (primary N) is 1. The Balaban J connectivity index is 1.61. The summed E-state index contributed by atoms with van der Waals surface area (Å²) >= 11 is 0. The van der Waals surface area contributed by atoms with Gasteiger partial charge in [0.25, 0.3) is 0 Å². The molecule has 3 aromatic rings. The molecule has 4 rings (SSSR count). The van der Waals surface area contributed by atoms with E-state index in [1.54, 1.807) is 0 Å². The van der Waals surface area contributed by atoms with Crippen LogP contribution in [0.1, 0.15) is 12.8 Å². The molecule has 1 aliphatic rings. The Morgan fingerprint density at radius 2 is 1.41 bits per heavy atom. The van der Waals surface area contributed by atoms with Crippen molar-refractivity contribution in [2.45, 2.75) is 18.9 Å². The zero-order chi connectivity index (χ0) is 18.6. The molecule has 0 aliphatic heterocycles. The summed E-state index contributed by atoms with van der Waals surface area (Å²) in [6.07, 6.45) is 2.27. The number of anilines is 7. The Kier molecular flexibility index (Phi) is 4.61. The quantitative estimate of drug-likeness (QED) is 0.406. The van der Waals surface area contributed by atoms with Crippen LogP contribution in [0.2, 0.25) is 0 Å². The number of benzene rings is 2. The first-order valence-electron chi connectivity index (χ1n) is 8.88. The zero-order valence-corrected chi connectivity index (χ0v) is 15.0. The minimum atomic E-state index is 0.438. The van der Waals surface area contributed by atoms with Crippen molar-refractivity contribution in [3.63, 3.8) is 0 Å². The van der Waals surface area contributed by atoms with Crippen LogP contribution in [0.5, 0.6) is 0 Å². The van der Waals surface area contributed by atoms with Gasteiger partial charge in [0.2, 0.25) is 17.8 Å². The maximum Gasteiger partial charge on any atom is 0.233 e. The van der Waals surface area contributed by atoms with E-state index in [0.717, 1.165) is 29.9 Å². The topological polar surface area (TPSA) is 113 Å². The first kappa shape index (κ1) is 16.9. The van der Waals surface area contributed by atoms with Crippen molar-refractivity contribution in [3.05, 3.63) is 48.5 Å². The van der Waals surface area contributed by atoms with Crippen LogP contribution in [0.3, 0.4) is 0 Å². The van der Waals surface area contributed by atoms with E-state index in [-0.39, 0.29) is 0 Å². The molecule has 1 saturated carbocycles. The summed E-state index contributed by atoms with van der Waals surface area (Å²) in [4.78, 5) is 13.5. The largest absolute Gasteiger partial charge is 0.399 e. The van der Waals surface area contributed by atoms with Crippen LogP contribution >= 0.6 is 0 Å². The third kappa shape index (κ3) is 4.55. The lowest BCUT2D eigenvalue weighted by Gasteiger charge is -2.12. The van der Waals surface area contributed by atoms with Gasteiger partial charge >= 0.3 is 0 Å². The van der Waals surface area contributed by atoms with Crippen LogP contribution < -0.4 is 27.0 Å². The summed E-state index contributed by atoms with van der Waals surface area (Å²) in [5, 5.41) is 12.9. The summed E-state index contributed by atoms with van der Waals surface area (Å²) in [6, 6.07) is 15.8. The summed E-state index contributed by atoms with van der Waals surface area (Å²) < 4.78 is 0. The van der Waals surface area contributed by atoms with Crippen molar-refractivity contribution in [1.82, 2.24) is 15.0 Å². The van der Waals surface area contributed by atoms with E-state index in [9.17, 15) is 0 Å². The van der Waals surface area contributed by atoms with Gasteiger partial charge in [0.1, 0.15) is 0 Å². The van der Waals surface area contributed by atoms with Gasteiger partial charge in [0.15, 0.2) is 0 Å². The molecule has 0 bridgehead atoms. The highest BCUT2D eigenvalue weighted by Gasteiger charge is 2.22. The molecule has 1 aromatic heterocycles. The van der Waals surface area contributed by atoms with E-state index in [2.05, 4.69) is 36.2 Å². The molecular formula is C19H22N8. The molecule has 0 radical (unpaired) electrons. The highest BCUT2D eigenvalue weighted by Crippen LogP contribution is 2.25. The third-order valence-electron chi connectivity index (χ3n) is 4.10. The second-order valence-corrected chi connectivity index (χ2v) is 6.43. The number of hydrogen-bond acceptors (Lipinski definition) is 8. The molecule has 2 aromatic carbocycles. The van der Waals surface area contributed by atoms with Gasteiger partial charge < -0.3 is 27.0 Å². The molecule has 0 spiro atoms. The van der Waals surface area contributed by atoms with Gasteiger partial charge in [0.05, 0.1) is 0 Å². The normalized spacial score (nSPS) is 13.1. The smallest absolute Gasteiger partial charge is 0.233 e. The molecule has 0 saturated heterocycles. The number of aromatic nitrogens is 3. The Bertz CT molecular complexity index is 938. The lowest BCUT2D eigenvalue weighted by molar-refractivity contribution is 1.01. The number of hydrogen-bond donors (Lipinski definition) is 5. The van der Waals surface area contributed by atoms with Crippen LogP contribution in [0.4, 0.5) is 40.6 Å². The van der Waals surface area contributed by atoms with Crippen molar-refractivity contribution >= 4 is 40.6 Å². The predicted octanol–water partition coefficient (Wildman–Crippen LogP) is 3.56. The molecule has 1 aliphatic carbocycles.